The molecule has 2 aromatic rings. The van der Waals surface area contributed by atoms with Crippen molar-refractivity contribution in [3.8, 4) is 5.88 Å². The molecule has 2 aliphatic carbocycles. The summed E-state index contributed by atoms with van der Waals surface area (Å²) in [5.74, 6) is 2.23. The molecule has 1 aromatic heterocycles. The van der Waals surface area contributed by atoms with Gasteiger partial charge in [0.25, 0.3) is 0 Å². The average molecular weight is 303 g/mol. The number of aromatic nitrogens is 1. The molecule has 21 heavy (non-hydrogen) atoms. The Kier molecular flexibility index (Phi) is 3.87. The number of halogens is 1. The minimum Gasteiger partial charge on any atom is -0.481 e. The van der Waals surface area contributed by atoms with Gasteiger partial charge in [0.2, 0.25) is 5.88 Å². The molecule has 0 amide bonds. The van der Waals surface area contributed by atoms with E-state index in [2.05, 4.69) is 40.6 Å². The minimum absolute atomic E-state index is 0. The van der Waals surface area contributed by atoms with Crippen molar-refractivity contribution in [2.24, 2.45) is 5.92 Å². The zero-order chi connectivity index (χ0) is 13.5. The number of methoxy groups -OCH3 is 1. The zero-order valence-corrected chi connectivity index (χ0v) is 12.8. The number of hydrogen-bond acceptors (Lipinski definition) is 3. The summed E-state index contributed by atoms with van der Waals surface area (Å²) in [5.41, 5.74) is 4.22. The highest BCUT2D eigenvalue weighted by Crippen LogP contribution is 2.56. The van der Waals surface area contributed by atoms with Crippen LogP contribution in [0.5, 0.6) is 5.88 Å². The first kappa shape index (κ1) is 14.4. The van der Waals surface area contributed by atoms with E-state index in [0.29, 0.717) is 12.0 Å². The summed E-state index contributed by atoms with van der Waals surface area (Å²) in [6.45, 7) is 0.830. The molecule has 1 aromatic carbocycles. The van der Waals surface area contributed by atoms with Gasteiger partial charge >= 0.3 is 0 Å². The maximum absolute atomic E-state index is 5.30. The van der Waals surface area contributed by atoms with E-state index in [0.717, 1.165) is 23.9 Å². The monoisotopic (exact) mass is 302 g/mol. The van der Waals surface area contributed by atoms with Crippen LogP contribution >= 0.6 is 12.4 Å². The Morgan fingerprint density at radius 2 is 2.10 bits per heavy atom. The van der Waals surface area contributed by atoms with Crippen molar-refractivity contribution in [3.05, 3.63) is 59.3 Å². The van der Waals surface area contributed by atoms with Gasteiger partial charge in [-0.1, -0.05) is 30.3 Å². The van der Waals surface area contributed by atoms with Gasteiger partial charge in [0.15, 0.2) is 0 Å². The van der Waals surface area contributed by atoms with E-state index in [1.165, 1.54) is 6.42 Å². The number of benzene rings is 1. The summed E-state index contributed by atoms with van der Waals surface area (Å²) >= 11 is 0. The zero-order valence-electron chi connectivity index (χ0n) is 12.0. The normalized spacial score (nSPS) is 24.7. The first-order valence-corrected chi connectivity index (χ1v) is 7.17. The summed E-state index contributed by atoms with van der Waals surface area (Å²) in [6.07, 6.45) is 2.99. The number of nitrogens with zero attached hydrogens (tertiary/aromatic N) is 1. The van der Waals surface area contributed by atoms with E-state index >= 15 is 0 Å². The number of nitrogens with one attached hydrogen (secondary N) is 1. The largest absolute Gasteiger partial charge is 0.481 e. The van der Waals surface area contributed by atoms with Crippen molar-refractivity contribution in [3.63, 3.8) is 0 Å². The van der Waals surface area contributed by atoms with Crippen molar-refractivity contribution in [2.45, 2.75) is 24.9 Å². The van der Waals surface area contributed by atoms with E-state index in [-0.39, 0.29) is 12.4 Å². The van der Waals surface area contributed by atoms with Crippen molar-refractivity contribution in [1.29, 1.82) is 0 Å². The Morgan fingerprint density at radius 3 is 2.95 bits per heavy atom. The van der Waals surface area contributed by atoms with Gasteiger partial charge in [-0.05, 0) is 29.5 Å². The second-order valence-electron chi connectivity index (χ2n) is 5.67. The van der Waals surface area contributed by atoms with Crippen LogP contribution in [0.25, 0.3) is 0 Å². The third-order valence-corrected chi connectivity index (χ3v) is 4.61. The summed E-state index contributed by atoms with van der Waals surface area (Å²) in [7, 11) is 1.67. The minimum atomic E-state index is 0. The molecule has 3 atom stereocenters. The molecule has 0 spiro atoms. The van der Waals surface area contributed by atoms with Crippen molar-refractivity contribution < 1.29 is 4.74 Å². The third-order valence-electron chi connectivity index (χ3n) is 4.61. The first-order valence-electron chi connectivity index (χ1n) is 7.17. The van der Waals surface area contributed by atoms with Crippen LogP contribution < -0.4 is 10.1 Å². The molecule has 1 saturated carbocycles. The molecule has 0 radical (unpaired) electrons. The fraction of sp³-hybridized carbons (Fsp3) is 0.353. The summed E-state index contributed by atoms with van der Waals surface area (Å²) in [4.78, 5) is 4.24. The fourth-order valence-corrected chi connectivity index (χ4v) is 3.60. The lowest BCUT2D eigenvalue weighted by Gasteiger charge is -2.11. The van der Waals surface area contributed by atoms with E-state index in [4.69, 9.17) is 4.74 Å². The number of fused-ring (bicyclic) bond motifs is 3. The van der Waals surface area contributed by atoms with Gasteiger partial charge < -0.3 is 10.1 Å². The molecule has 3 nitrogen and oxygen atoms in total. The van der Waals surface area contributed by atoms with Crippen LogP contribution in [-0.2, 0) is 13.0 Å². The van der Waals surface area contributed by atoms with E-state index < -0.39 is 0 Å². The number of hydrogen-bond donors (Lipinski definition) is 1. The molecule has 2 aliphatic rings. The highest BCUT2D eigenvalue weighted by atomic mass is 35.5. The standard InChI is InChI=1S/C17H18N2O.ClH/c1-20-17-12(6-4-8-18-17)10-19-16-14-9-11-5-2-3-7-13(11)15(14)16;/h2-8,14-16,19H,9-10H2,1H3;1H/t14-,15+,16-;/m0./s1. The van der Waals surface area contributed by atoms with Crippen molar-refractivity contribution in [1.82, 2.24) is 10.3 Å². The first-order chi connectivity index (χ1) is 9.88. The smallest absolute Gasteiger partial charge is 0.217 e. The molecule has 0 unspecified atom stereocenters. The number of rotatable bonds is 4. The van der Waals surface area contributed by atoms with E-state index in [1.807, 2.05) is 6.07 Å². The molecule has 0 aliphatic heterocycles. The van der Waals surface area contributed by atoms with Crippen LogP contribution in [0, 0.1) is 5.92 Å². The Balaban J connectivity index is 0.00000132. The molecular weight excluding hydrogens is 284 g/mol. The molecule has 0 saturated heterocycles. The molecule has 0 bridgehead atoms. The number of pyridine rings is 1. The van der Waals surface area contributed by atoms with Gasteiger partial charge in [-0.2, -0.15) is 0 Å². The maximum Gasteiger partial charge on any atom is 0.217 e. The summed E-state index contributed by atoms with van der Waals surface area (Å²) in [5, 5.41) is 3.67. The highest BCUT2D eigenvalue weighted by Gasteiger charge is 2.55. The van der Waals surface area contributed by atoms with Crippen molar-refractivity contribution in [2.75, 3.05) is 7.11 Å². The van der Waals surface area contributed by atoms with Crippen LogP contribution in [0.15, 0.2) is 42.6 Å². The Bertz CT molecular complexity index is 646. The third kappa shape index (κ3) is 2.41. The number of ether oxygens (including phenoxy) is 1. The second kappa shape index (κ2) is 5.66. The topological polar surface area (TPSA) is 34.1 Å². The van der Waals surface area contributed by atoms with Gasteiger partial charge in [-0.25, -0.2) is 4.98 Å². The van der Waals surface area contributed by atoms with Gasteiger partial charge in [-0.15, -0.1) is 12.4 Å². The van der Waals surface area contributed by atoms with Gasteiger partial charge in [0, 0.05) is 30.3 Å². The molecule has 4 rings (SSSR count). The van der Waals surface area contributed by atoms with Crippen LogP contribution in [0.4, 0.5) is 0 Å². The Labute approximate surface area is 131 Å². The van der Waals surface area contributed by atoms with Crippen LogP contribution in [0.2, 0.25) is 0 Å². The van der Waals surface area contributed by atoms with Gasteiger partial charge in [0.05, 0.1) is 7.11 Å². The quantitative estimate of drug-likeness (QED) is 0.943. The fourth-order valence-electron chi connectivity index (χ4n) is 3.60. The lowest BCUT2D eigenvalue weighted by Crippen LogP contribution is -2.21. The molecule has 110 valence electrons. The van der Waals surface area contributed by atoms with Crippen molar-refractivity contribution >= 4 is 12.4 Å². The highest BCUT2D eigenvalue weighted by molar-refractivity contribution is 5.85. The van der Waals surface area contributed by atoms with Gasteiger partial charge in [0.1, 0.15) is 0 Å². The average Bonchev–Trinajstić information content (AvgIpc) is 3.04. The molecule has 1 heterocycles. The molecule has 1 N–H and O–H groups in total. The van der Waals surface area contributed by atoms with Crippen LogP contribution in [-0.4, -0.2) is 18.1 Å². The van der Waals surface area contributed by atoms with E-state index in [9.17, 15) is 0 Å². The van der Waals surface area contributed by atoms with Crippen LogP contribution in [0.1, 0.15) is 22.6 Å². The lowest BCUT2D eigenvalue weighted by atomic mass is 10.1. The molecular formula is C17H19ClN2O. The van der Waals surface area contributed by atoms with Crippen LogP contribution in [0.3, 0.4) is 0 Å². The lowest BCUT2D eigenvalue weighted by molar-refractivity contribution is 0.390. The SMILES string of the molecule is COc1ncccc1CN[C@H]1[C@H]2Cc3ccccc3[C@H]21.Cl. The maximum atomic E-state index is 5.30. The van der Waals surface area contributed by atoms with Gasteiger partial charge in [-0.3, -0.25) is 0 Å². The Hall–Kier alpha value is -1.58. The Morgan fingerprint density at radius 1 is 1.24 bits per heavy atom. The molecule has 4 heteroatoms. The summed E-state index contributed by atoms with van der Waals surface area (Å²) in [6, 6.07) is 13.5. The summed E-state index contributed by atoms with van der Waals surface area (Å²) < 4.78 is 5.30. The predicted octanol–water partition coefficient (Wildman–Crippen LogP) is 2.94. The molecule has 1 fully saturated rings. The van der Waals surface area contributed by atoms with E-state index in [1.54, 1.807) is 24.4 Å². The second-order valence-corrected chi connectivity index (χ2v) is 5.67. The predicted molar refractivity (Wildman–Crippen MR) is 85.0 cm³/mol.